The second kappa shape index (κ2) is 7.38. The van der Waals surface area contributed by atoms with Gasteiger partial charge in [-0.1, -0.05) is 12.2 Å². The lowest BCUT2D eigenvalue weighted by Gasteiger charge is -2.32. The van der Waals surface area contributed by atoms with Gasteiger partial charge in [0, 0.05) is 31.7 Å². The first kappa shape index (κ1) is 16.5. The van der Waals surface area contributed by atoms with Crippen LogP contribution in [0.15, 0.2) is 30.4 Å². The Morgan fingerprint density at radius 3 is 2.73 bits per heavy atom. The van der Waals surface area contributed by atoms with Crippen LogP contribution >= 0.6 is 0 Å². The molecule has 0 aliphatic carbocycles. The summed E-state index contributed by atoms with van der Waals surface area (Å²) in [4.78, 5) is 13.1. The first-order valence-corrected chi connectivity index (χ1v) is 7.51. The molecule has 1 aromatic carbocycles. The Morgan fingerprint density at radius 1 is 1.50 bits per heavy atom. The molecule has 1 aromatic rings. The fraction of sp³-hybridized carbons (Fsp3) is 0.500. The van der Waals surface area contributed by atoms with Crippen LogP contribution in [-0.4, -0.2) is 40.6 Å². The van der Waals surface area contributed by atoms with Gasteiger partial charge < -0.3 is 10.4 Å². The van der Waals surface area contributed by atoms with E-state index in [0.717, 1.165) is 38.0 Å². The molecule has 0 amide bonds. The molecule has 1 aliphatic rings. The van der Waals surface area contributed by atoms with Crippen LogP contribution in [0.2, 0.25) is 0 Å². The van der Waals surface area contributed by atoms with Gasteiger partial charge in [0.1, 0.15) is 5.69 Å². The van der Waals surface area contributed by atoms with Crippen LogP contribution in [0.5, 0.6) is 0 Å². The Labute approximate surface area is 130 Å². The highest BCUT2D eigenvalue weighted by Crippen LogP contribution is 2.28. The number of nitrogens with one attached hydrogen (secondary N) is 1. The number of nitrogens with zero attached hydrogens (tertiary/aromatic N) is 2. The van der Waals surface area contributed by atoms with Crippen molar-refractivity contribution in [3.05, 3.63) is 46.0 Å². The van der Waals surface area contributed by atoms with Crippen molar-refractivity contribution in [3.8, 4) is 0 Å². The Morgan fingerprint density at radius 2 is 2.18 bits per heavy atom. The highest BCUT2D eigenvalue weighted by Gasteiger charge is 2.22. The lowest BCUT2D eigenvalue weighted by atomic mass is 10.0. The van der Waals surface area contributed by atoms with E-state index in [1.807, 2.05) is 6.92 Å². The number of hydrogen-bond donors (Lipinski definition) is 2. The average molecular weight is 305 g/mol. The van der Waals surface area contributed by atoms with Crippen molar-refractivity contribution < 1.29 is 10.0 Å². The van der Waals surface area contributed by atoms with Crippen LogP contribution in [-0.2, 0) is 6.61 Å². The van der Waals surface area contributed by atoms with Gasteiger partial charge in [0.15, 0.2) is 0 Å². The zero-order valence-corrected chi connectivity index (χ0v) is 12.9. The summed E-state index contributed by atoms with van der Waals surface area (Å²) >= 11 is 0. The second-order valence-corrected chi connectivity index (χ2v) is 5.92. The maximum atomic E-state index is 11.1. The van der Waals surface area contributed by atoms with Crippen molar-refractivity contribution in [1.82, 2.24) is 4.90 Å². The summed E-state index contributed by atoms with van der Waals surface area (Å²) in [5.41, 5.74) is 2.38. The number of aliphatic hydroxyl groups is 1. The van der Waals surface area contributed by atoms with Crippen molar-refractivity contribution in [2.45, 2.75) is 32.4 Å². The zero-order chi connectivity index (χ0) is 16.1. The van der Waals surface area contributed by atoms with Crippen LogP contribution in [0, 0.1) is 10.1 Å². The fourth-order valence-electron chi connectivity index (χ4n) is 2.79. The smallest absolute Gasteiger partial charge is 0.292 e. The Bertz CT molecular complexity index is 552. The van der Waals surface area contributed by atoms with E-state index in [0.29, 0.717) is 11.3 Å². The summed E-state index contributed by atoms with van der Waals surface area (Å²) in [6.07, 6.45) is 1.88. The molecule has 0 saturated carbocycles. The van der Waals surface area contributed by atoms with E-state index in [1.165, 1.54) is 6.07 Å². The summed E-state index contributed by atoms with van der Waals surface area (Å²) in [6, 6.07) is 4.91. The summed E-state index contributed by atoms with van der Waals surface area (Å²) in [5, 5.41) is 23.6. The Kier molecular flexibility index (Phi) is 5.51. The first-order chi connectivity index (χ1) is 10.5. The van der Waals surface area contributed by atoms with Crippen molar-refractivity contribution >= 4 is 11.4 Å². The van der Waals surface area contributed by atoms with Gasteiger partial charge in [-0.05, 0) is 37.5 Å². The Balaban J connectivity index is 2.02. The molecular formula is C16H23N3O3. The van der Waals surface area contributed by atoms with Crippen LogP contribution in [0.1, 0.15) is 25.3 Å². The molecule has 1 aliphatic heterocycles. The third-order valence-corrected chi connectivity index (χ3v) is 3.88. The van der Waals surface area contributed by atoms with Gasteiger partial charge in [0.05, 0.1) is 11.5 Å². The van der Waals surface area contributed by atoms with Gasteiger partial charge in [-0.25, -0.2) is 0 Å². The van der Waals surface area contributed by atoms with Gasteiger partial charge in [0.2, 0.25) is 0 Å². The molecule has 1 saturated heterocycles. The number of likely N-dealkylation sites (tertiary alicyclic amines) is 1. The average Bonchev–Trinajstić information content (AvgIpc) is 2.48. The van der Waals surface area contributed by atoms with E-state index in [9.17, 15) is 15.2 Å². The highest BCUT2D eigenvalue weighted by atomic mass is 16.6. The first-order valence-electron chi connectivity index (χ1n) is 7.51. The summed E-state index contributed by atoms with van der Waals surface area (Å²) in [5.74, 6) is 0. The van der Waals surface area contributed by atoms with Crippen molar-refractivity contribution in [2.75, 3.05) is 25.0 Å². The van der Waals surface area contributed by atoms with Gasteiger partial charge in [-0.15, -0.1) is 0 Å². The lowest BCUT2D eigenvalue weighted by molar-refractivity contribution is -0.384. The molecule has 0 radical (unpaired) electrons. The quantitative estimate of drug-likeness (QED) is 0.480. The monoisotopic (exact) mass is 305 g/mol. The molecule has 0 aromatic heterocycles. The van der Waals surface area contributed by atoms with E-state index >= 15 is 0 Å². The van der Waals surface area contributed by atoms with Gasteiger partial charge in [-0.3, -0.25) is 15.0 Å². The number of aliphatic hydroxyl groups excluding tert-OH is 1. The molecule has 0 unspecified atom stereocenters. The summed E-state index contributed by atoms with van der Waals surface area (Å²) < 4.78 is 0. The maximum absolute atomic E-state index is 11.1. The van der Waals surface area contributed by atoms with Gasteiger partial charge >= 0.3 is 0 Å². The van der Waals surface area contributed by atoms with Crippen molar-refractivity contribution in [3.63, 3.8) is 0 Å². The molecule has 6 nitrogen and oxygen atoms in total. The standard InChI is InChI=1S/C16H23N3O3/c1-12(2)10-18-7-5-14(6-8-18)17-15-9-13(11-20)3-4-16(15)19(21)22/h3-4,9,14,17,20H,1,5-8,10-11H2,2H3. The number of nitro groups is 1. The minimum atomic E-state index is -0.389. The molecule has 0 atom stereocenters. The third kappa shape index (κ3) is 4.29. The number of benzene rings is 1. The molecule has 2 rings (SSSR count). The molecule has 0 bridgehead atoms. The van der Waals surface area contributed by atoms with Gasteiger partial charge in [0.25, 0.3) is 5.69 Å². The molecule has 1 fully saturated rings. The van der Waals surface area contributed by atoms with Crippen molar-refractivity contribution in [1.29, 1.82) is 0 Å². The lowest BCUT2D eigenvalue weighted by Crippen LogP contribution is -2.39. The number of nitro benzene ring substituents is 1. The highest BCUT2D eigenvalue weighted by molar-refractivity contribution is 5.63. The van der Waals surface area contributed by atoms with E-state index in [1.54, 1.807) is 12.1 Å². The predicted molar refractivity (Wildman–Crippen MR) is 86.9 cm³/mol. The predicted octanol–water partition coefficient (Wildman–Crippen LogP) is 2.54. The maximum Gasteiger partial charge on any atom is 0.292 e. The van der Waals surface area contributed by atoms with Crippen LogP contribution in [0.25, 0.3) is 0 Å². The number of rotatable bonds is 6. The van der Waals surface area contributed by atoms with E-state index < -0.39 is 0 Å². The summed E-state index contributed by atoms with van der Waals surface area (Å²) in [6.45, 7) is 8.65. The van der Waals surface area contributed by atoms with Crippen molar-refractivity contribution in [2.24, 2.45) is 0 Å². The zero-order valence-electron chi connectivity index (χ0n) is 12.9. The number of hydrogen-bond acceptors (Lipinski definition) is 5. The van der Waals surface area contributed by atoms with Crippen LogP contribution in [0.4, 0.5) is 11.4 Å². The molecular weight excluding hydrogens is 282 g/mol. The Hall–Kier alpha value is -1.92. The fourth-order valence-corrected chi connectivity index (χ4v) is 2.79. The molecule has 22 heavy (non-hydrogen) atoms. The SMILES string of the molecule is C=C(C)CN1CCC(Nc2cc(CO)ccc2[N+](=O)[O-])CC1. The molecule has 120 valence electrons. The largest absolute Gasteiger partial charge is 0.392 e. The molecule has 0 spiro atoms. The van der Waals surface area contributed by atoms with Crippen LogP contribution < -0.4 is 5.32 Å². The topological polar surface area (TPSA) is 78.6 Å². The van der Waals surface area contributed by atoms with E-state index in [2.05, 4.69) is 16.8 Å². The van der Waals surface area contributed by atoms with E-state index in [4.69, 9.17) is 0 Å². The molecule has 1 heterocycles. The minimum Gasteiger partial charge on any atom is -0.392 e. The number of anilines is 1. The van der Waals surface area contributed by atoms with E-state index in [-0.39, 0.29) is 23.3 Å². The van der Waals surface area contributed by atoms with Gasteiger partial charge in [-0.2, -0.15) is 0 Å². The molecule has 6 heteroatoms. The third-order valence-electron chi connectivity index (χ3n) is 3.88. The second-order valence-electron chi connectivity index (χ2n) is 5.92. The molecule has 2 N–H and O–H groups in total. The van der Waals surface area contributed by atoms with Crippen LogP contribution in [0.3, 0.4) is 0 Å². The number of piperidine rings is 1. The summed E-state index contributed by atoms with van der Waals surface area (Å²) in [7, 11) is 0. The minimum absolute atomic E-state index is 0.0570. The normalized spacial score (nSPS) is 16.5.